The zero-order chi connectivity index (χ0) is 14.5. The van der Waals surface area contributed by atoms with E-state index in [2.05, 4.69) is 26.8 Å². The summed E-state index contributed by atoms with van der Waals surface area (Å²) in [5.41, 5.74) is 0. The van der Waals surface area contributed by atoms with Gasteiger partial charge in [0.05, 0.1) is 6.04 Å². The normalized spacial score (nSPS) is 14.2. The van der Waals surface area contributed by atoms with Gasteiger partial charge in [0.2, 0.25) is 5.91 Å². The summed E-state index contributed by atoms with van der Waals surface area (Å²) in [7, 11) is 4.04. The molecule has 0 unspecified atom stereocenters. The minimum atomic E-state index is -0.295. The molecule has 2 aromatic heterocycles. The minimum absolute atomic E-state index is 0.0166. The average molecular weight is 292 g/mol. The third-order valence-corrected chi connectivity index (χ3v) is 4.24. The Kier molecular flexibility index (Phi) is 4.92. The maximum absolute atomic E-state index is 12.2. The Balaban J connectivity index is 1.94. The molecule has 2 atom stereocenters. The van der Waals surface area contributed by atoms with Crippen LogP contribution in [0.1, 0.15) is 23.9 Å². The molecule has 1 N–H and O–H groups in total. The van der Waals surface area contributed by atoms with E-state index in [4.69, 9.17) is 0 Å². The summed E-state index contributed by atoms with van der Waals surface area (Å²) in [5, 5.41) is 9.16. The van der Waals surface area contributed by atoms with Crippen LogP contribution in [-0.2, 0) is 4.79 Å². The van der Waals surface area contributed by atoms with Crippen LogP contribution in [0.4, 0.5) is 0 Å². The second-order valence-corrected chi connectivity index (χ2v) is 5.88. The average Bonchev–Trinajstić information content (AvgIpc) is 3.10. The third-order valence-electron chi connectivity index (χ3n) is 3.27. The zero-order valence-electron chi connectivity index (χ0n) is 12.0. The molecule has 0 saturated carbocycles. The zero-order valence-corrected chi connectivity index (χ0v) is 12.8. The maximum atomic E-state index is 12.2. The summed E-state index contributed by atoms with van der Waals surface area (Å²) >= 11 is 1.71. The molecule has 2 heterocycles. The van der Waals surface area contributed by atoms with Gasteiger partial charge in [0.15, 0.2) is 0 Å². The fraction of sp³-hybridized carbons (Fsp3) is 0.429. The summed E-state index contributed by atoms with van der Waals surface area (Å²) in [6, 6.07) is 5.85. The largest absolute Gasteiger partial charge is 0.352 e. The van der Waals surface area contributed by atoms with Crippen molar-refractivity contribution in [3.05, 3.63) is 40.8 Å². The summed E-state index contributed by atoms with van der Waals surface area (Å²) in [6.07, 6.45) is 3.48. The van der Waals surface area contributed by atoms with Crippen LogP contribution in [0.15, 0.2) is 36.0 Å². The SMILES string of the molecule is C[C@@H](C(=O)NC[C@H](c1cccs1)N(C)C)n1cccn1. The molecule has 0 aromatic carbocycles. The maximum Gasteiger partial charge on any atom is 0.244 e. The van der Waals surface area contributed by atoms with E-state index in [9.17, 15) is 4.79 Å². The molecule has 0 aliphatic heterocycles. The van der Waals surface area contributed by atoms with Gasteiger partial charge in [-0.15, -0.1) is 11.3 Å². The smallest absolute Gasteiger partial charge is 0.244 e. The number of hydrogen-bond donors (Lipinski definition) is 1. The van der Waals surface area contributed by atoms with Gasteiger partial charge in [-0.1, -0.05) is 6.07 Å². The fourth-order valence-electron chi connectivity index (χ4n) is 1.99. The van der Waals surface area contributed by atoms with Crippen molar-refractivity contribution >= 4 is 17.2 Å². The Hall–Kier alpha value is -1.66. The van der Waals surface area contributed by atoms with E-state index in [0.717, 1.165) is 0 Å². The van der Waals surface area contributed by atoms with Crippen molar-refractivity contribution in [3.8, 4) is 0 Å². The van der Waals surface area contributed by atoms with E-state index in [1.165, 1.54) is 4.88 Å². The Morgan fingerprint density at radius 2 is 2.30 bits per heavy atom. The van der Waals surface area contributed by atoms with Gasteiger partial charge in [0, 0.05) is 23.8 Å². The van der Waals surface area contributed by atoms with Crippen molar-refractivity contribution in [3.63, 3.8) is 0 Å². The van der Waals surface area contributed by atoms with Crippen LogP contribution in [0.2, 0.25) is 0 Å². The van der Waals surface area contributed by atoms with Gasteiger partial charge in [-0.3, -0.25) is 9.48 Å². The number of nitrogens with zero attached hydrogens (tertiary/aromatic N) is 3. The molecule has 2 aromatic rings. The lowest BCUT2D eigenvalue weighted by Gasteiger charge is -2.24. The lowest BCUT2D eigenvalue weighted by Crippen LogP contribution is -2.37. The Labute approximate surface area is 123 Å². The van der Waals surface area contributed by atoms with Crippen LogP contribution < -0.4 is 5.32 Å². The Morgan fingerprint density at radius 3 is 2.85 bits per heavy atom. The molecule has 0 spiro atoms. The van der Waals surface area contributed by atoms with Crippen LogP contribution in [-0.4, -0.2) is 41.2 Å². The molecule has 20 heavy (non-hydrogen) atoms. The van der Waals surface area contributed by atoms with E-state index in [0.29, 0.717) is 6.54 Å². The van der Waals surface area contributed by atoms with Crippen LogP contribution in [0.25, 0.3) is 0 Å². The predicted molar refractivity (Wildman–Crippen MR) is 80.7 cm³/mol. The third kappa shape index (κ3) is 3.46. The fourth-order valence-corrected chi connectivity index (χ4v) is 2.92. The molecule has 0 aliphatic rings. The van der Waals surface area contributed by atoms with Gasteiger partial charge in [-0.25, -0.2) is 0 Å². The van der Waals surface area contributed by atoms with Gasteiger partial charge in [-0.05, 0) is 38.5 Å². The van der Waals surface area contributed by atoms with Gasteiger partial charge in [0.25, 0.3) is 0 Å². The Morgan fingerprint density at radius 1 is 1.50 bits per heavy atom. The molecule has 0 saturated heterocycles. The monoisotopic (exact) mass is 292 g/mol. The van der Waals surface area contributed by atoms with Gasteiger partial charge in [0.1, 0.15) is 6.04 Å². The first-order valence-electron chi connectivity index (χ1n) is 6.56. The molecule has 0 radical (unpaired) electrons. The predicted octanol–water partition coefficient (Wildman–Crippen LogP) is 1.92. The molecule has 1 amide bonds. The molecular formula is C14H20N4OS. The number of thiophene rings is 1. The summed E-state index contributed by atoms with van der Waals surface area (Å²) < 4.78 is 1.66. The first-order valence-corrected chi connectivity index (χ1v) is 7.44. The van der Waals surface area contributed by atoms with Crippen LogP contribution >= 0.6 is 11.3 Å². The molecule has 2 rings (SSSR count). The van der Waals surface area contributed by atoms with E-state index in [1.807, 2.05) is 33.2 Å². The van der Waals surface area contributed by atoms with Crippen molar-refractivity contribution in [2.75, 3.05) is 20.6 Å². The molecule has 0 bridgehead atoms. The molecule has 0 aliphatic carbocycles. The number of carbonyl (C=O) groups excluding carboxylic acids is 1. The lowest BCUT2D eigenvalue weighted by molar-refractivity contribution is -0.124. The number of aromatic nitrogens is 2. The first kappa shape index (κ1) is 14.7. The Bertz CT molecular complexity index is 521. The summed E-state index contributed by atoms with van der Waals surface area (Å²) in [5.74, 6) is -0.0166. The highest BCUT2D eigenvalue weighted by Crippen LogP contribution is 2.22. The van der Waals surface area contributed by atoms with E-state index < -0.39 is 0 Å². The van der Waals surface area contributed by atoms with Crippen LogP contribution in [0, 0.1) is 0 Å². The number of rotatable bonds is 6. The second kappa shape index (κ2) is 6.67. The molecule has 5 nitrogen and oxygen atoms in total. The highest BCUT2D eigenvalue weighted by atomic mass is 32.1. The molecular weight excluding hydrogens is 272 g/mol. The summed E-state index contributed by atoms with van der Waals surface area (Å²) in [4.78, 5) is 15.5. The molecule has 108 valence electrons. The number of hydrogen-bond acceptors (Lipinski definition) is 4. The minimum Gasteiger partial charge on any atom is -0.352 e. The van der Waals surface area contributed by atoms with Crippen LogP contribution in [0.5, 0.6) is 0 Å². The van der Waals surface area contributed by atoms with E-state index in [-0.39, 0.29) is 18.0 Å². The van der Waals surface area contributed by atoms with E-state index >= 15 is 0 Å². The molecule has 0 fully saturated rings. The number of carbonyl (C=O) groups is 1. The van der Waals surface area contributed by atoms with Crippen molar-refractivity contribution in [1.82, 2.24) is 20.0 Å². The quantitative estimate of drug-likeness (QED) is 0.885. The van der Waals surface area contributed by atoms with Gasteiger partial charge in [-0.2, -0.15) is 5.10 Å². The van der Waals surface area contributed by atoms with Crippen molar-refractivity contribution in [2.24, 2.45) is 0 Å². The number of amides is 1. The number of likely N-dealkylation sites (N-methyl/N-ethyl adjacent to an activating group) is 1. The van der Waals surface area contributed by atoms with Crippen molar-refractivity contribution in [1.29, 1.82) is 0 Å². The molecule has 6 heteroatoms. The van der Waals surface area contributed by atoms with Gasteiger partial charge >= 0.3 is 0 Å². The van der Waals surface area contributed by atoms with Crippen molar-refractivity contribution < 1.29 is 4.79 Å². The topological polar surface area (TPSA) is 50.2 Å². The van der Waals surface area contributed by atoms with Gasteiger partial charge < -0.3 is 10.2 Å². The van der Waals surface area contributed by atoms with Crippen LogP contribution in [0.3, 0.4) is 0 Å². The van der Waals surface area contributed by atoms with Crippen molar-refractivity contribution in [2.45, 2.75) is 19.0 Å². The number of nitrogens with one attached hydrogen (secondary N) is 1. The first-order chi connectivity index (χ1) is 9.59. The highest BCUT2D eigenvalue weighted by molar-refractivity contribution is 7.10. The second-order valence-electron chi connectivity index (χ2n) is 4.90. The summed E-state index contributed by atoms with van der Waals surface area (Å²) in [6.45, 7) is 2.44. The standard InChI is InChI=1S/C14H20N4OS/c1-11(18-8-5-7-16-18)14(19)15-10-12(17(2)3)13-6-4-9-20-13/h4-9,11-12H,10H2,1-3H3,(H,15,19)/t11-,12+/m0/s1. The highest BCUT2D eigenvalue weighted by Gasteiger charge is 2.19. The van der Waals surface area contributed by atoms with E-state index in [1.54, 1.807) is 28.4 Å². The lowest BCUT2D eigenvalue weighted by atomic mass is 10.2.